The monoisotopic (exact) mass is 494 g/mol. The van der Waals surface area contributed by atoms with Crippen molar-refractivity contribution >= 4 is 40.9 Å². The molecule has 3 rings (SSSR count). The topological polar surface area (TPSA) is 71.3 Å². The number of benzene rings is 3. The lowest BCUT2D eigenvalue weighted by atomic mass is 10.1. The third-order valence-corrected chi connectivity index (χ3v) is 5.72. The maximum Gasteiger partial charge on any atom is 0.266 e. The lowest BCUT2D eigenvalue weighted by Crippen LogP contribution is -2.14. The molecule has 0 aliphatic carbocycles. The second-order valence-electron chi connectivity index (χ2n) is 7.57. The second kappa shape index (κ2) is 11.6. The Balaban J connectivity index is 1.86. The molecular weight excluding hydrogens is 471 g/mol. The van der Waals surface area contributed by atoms with E-state index in [1.807, 2.05) is 44.2 Å². The number of nitriles is 1. The van der Waals surface area contributed by atoms with Crippen molar-refractivity contribution in [3.05, 3.63) is 92.5 Å². The Labute approximate surface area is 209 Å². The molecule has 3 aromatic rings. The van der Waals surface area contributed by atoms with Crippen LogP contribution in [0.4, 0.5) is 5.69 Å². The van der Waals surface area contributed by atoms with Gasteiger partial charge in [-0.2, -0.15) is 5.26 Å². The lowest BCUT2D eigenvalue weighted by Gasteiger charge is -2.15. The van der Waals surface area contributed by atoms with Crippen LogP contribution >= 0.6 is 23.2 Å². The maximum atomic E-state index is 12.7. The third-order valence-electron chi connectivity index (χ3n) is 5.03. The third kappa shape index (κ3) is 6.32. The molecule has 0 saturated carbocycles. The highest BCUT2D eigenvalue weighted by atomic mass is 35.5. The molecule has 1 amide bonds. The molecule has 0 unspecified atom stereocenters. The number of aryl methyl sites for hydroxylation is 1. The quantitative estimate of drug-likeness (QED) is 0.267. The van der Waals surface area contributed by atoms with Crippen molar-refractivity contribution < 1.29 is 14.3 Å². The molecule has 0 radical (unpaired) electrons. The summed E-state index contributed by atoms with van der Waals surface area (Å²) in [7, 11) is 0. The molecule has 0 aliphatic rings. The van der Waals surface area contributed by atoms with Gasteiger partial charge in [-0.25, -0.2) is 0 Å². The molecule has 0 bridgehead atoms. The number of nitrogens with one attached hydrogen (secondary N) is 1. The van der Waals surface area contributed by atoms with Gasteiger partial charge >= 0.3 is 0 Å². The second-order valence-corrected chi connectivity index (χ2v) is 8.39. The van der Waals surface area contributed by atoms with E-state index in [0.717, 1.165) is 11.1 Å². The van der Waals surface area contributed by atoms with E-state index in [0.29, 0.717) is 51.6 Å². The minimum atomic E-state index is -0.554. The average molecular weight is 495 g/mol. The summed E-state index contributed by atoms with van der Waals surface area (Å²) in [6.07, 6.45) is 1.45. The maximum absolute atomic E-state index is 12.7. The first-order chi connectivity index (χ1) is 16.3. The van der Waals surface area contributed by atoms with Crippen LogP contribution in [0.15, 0.2) is 60.2 Å². The summed E-state index contributed by atoms with van der Waals surface area (Å²) in [6.45, 7) is 6.37. The van der Waals surface area contributed by atoms with Crippen molar-refractivity contribution in [3.63, 3.8) is 0 Å². The molecule has 3 aromatic carbocycles. The van der Waals surface area contributed by atoms with E-state index in [9.17, 15) is 10.1 Å². The summed E-state index contributed by atoms with van der Waals surface area (Å²) in [5, 5.41) is 13.2. The van der Waals surface area contributed by atoms with Crippen LogP contribution in [-0.4, -0.2) is 12.5 Å². The minimum absolute atomic E-state index is 0.0915. The number of carbonyl (C=O) groups excluding carboxylic acids is 1. The molecule has 0 saturated heterocycles. The SMILES string of the molecule is CCOc1cc(/C=C(\C#N)C(=O)Nc2cccc(Cl)c2C)cc(Cl)c1OCc1ccc(C)cc1. The molecule has 0 aromatic heterocycles. The zero-order chi connectivity index (χ0) is 24.7. The lowest BCUT2D eigenvalue weighted by molar-refractivity contribution is -0.112. The van der Waals surface area contributed by atoms with Crippen LogP contribution in [-0.2, 0) is 11.4 Å². The molecule has 0 spiro atoms. The summed E-state index contributed by atoms with van der Waals surface area (Å²) in [5.41, 5.74) is 3.85. The minimum Gasteiger partial charge on any atom is -0.490 e. The average Bonchev–Trinajstić information content (AvgIpc) is 2.81. The number of hydrogen-bond donors (Lipinski definition) is 1. The van der Waals surface area contributed by atoms with Crippen LogP contribution in [0, 0.1) is 25.2 Å². The van der Waals surface area contributed by atoms with Crippen LogP contribution < -0.4 is 14.8 Å². The number of anilines is 1. The summed E-state index contributed by atoms with van der Waals surface area (Å²) < 4.78 is 11.7. The van der Waals surface area contributed by atoms with Crippen LogP contribution in [0.1, 0.15) is 29.2 Å². The van der Waals surface area contributed by atoms with Gasteiger partial charge in [0.05, 0.1) is 11.6 Å². The van der Waals surface area contributed by atoms with Gasteiger partial charge in [0.2, 0.25) is 0 Å². The highest BCUT2D eigenvalue weighted by Crippen LogP contribution is 2.38. The van der Waals surface area contributed by atoms with Gasteiger partial charge in [0.25, 0.3) is 5.91 Å². The van der Waals surface area contributed by atoms with E-state index in [1.165, 1.54) is 6.08 Å². The van der Waals surface area contributed by atoms with Crippen molar-refractivity contribution in [2.75, 3.05) is 11.9 Å². The van der Waals surface area contributed by atoms with Gasteiger partial charge in [0.15, 0.2) is 11.5 Å². The first kappa shape index (κ1) is 25.2. The Morgan fingerprint density at radius 1 is 1.06 bits per heavy atom. The van der Waals surface area contributed by atoms with E-state index in [4.69, 9.17) is 32.7 Å². The predicted molar refractivity (Wildman–Crippen MR) is 137 cm³/mol. The zero-order valence-corrected chi connectivity index (χ0v) is 20.6. The van der Waals surface area contributed by atoms with Crippen molar-refractivity contribution in [1.82, 2.24) is 0 Å². The Bertz CT molecular complexity index is 1260. The summed E-state index contributed by atoms with van der Waals surface area (Å²) in [6, 6.07) is 18.4. The summed E-state index contributed by atoms with van der Waals surface area (Å²) >= 11 is 12.6. The number of hydrogen-bond acceptors (Lipinski definition) is 4. The smallest absolute Gasteiger partial charge is 0.266 e. The predicted octanol–water partition coefficient (Wildman–Crippen LogP) is 7.13. The molecule has 1 N–H and O–H groups in total. The molecule has 174 valence electrons. The standard InChI is InChI=1S/C27H24Cl2N2O3/c1-4-33-25-14-20(13-23(29)26(25)34-16-19-10-8-17(2)9-11-19)12-21(15-30)27(32)31-24-7-5-6-22(28)18(24)3/h5-14H,4,16H2,1-3H3,(H,31,32)/b21-12+. The molecule has 7 heteroatoms. The molecular formula is C27H24Cl2N2O3. The fourth-order valence-electron chi connectivity index (χ4n) is 3.16. The largest absolute Gasteiger partial charge is 0.490 e. The Morgan fingerprint density at radius 3 is 2.47 bits per heavy atom. The van der Waals surface area contributed by atoms with E-state index >= 15 is 0 Å². The zero-order valence-electron chi connectivity index (χ0n) is 19.1. The molecule has 0 fully saturated rings. The number of rotatable bonds is 8. The van der Waals surface area contributed by atoms with E-state index in [2.05, 4.69) is 5.32 Å². The van der Waals surface area contributed by atoms with Gasteiger partial charge in [-0.05, 0) is 67.8 Å². The summed E-state index contributed by atoms with van der Waals surface area (Å²) in [4.78, 5) is 12.7. The molecule has 34 heavy (non-hydrogen) atoms. The van der Waals surface area contributed by atoms with Gasteiger partial charge in [-0.3, -0.25) is 4.79 Å². The number of nitrogens with zero attached hydrogens (tertiary/aromatic N) is 1. The van der Waals surface area contributed by atoms with Gasteiger partial charge in [0, 0.05) is 10.7 Å². The Morgan fingerprint density at radius 2 is 1.79 bits per heavy atom. The fraction of sp³-hybridized carbons (Fsp3) is 0.185. The van der Waals surface area contributed by atoms with Crippen LogP contribution in [0.25, 0.3) is 6.08 Å². The van der Waals surface area contributed by atoms with E-state index in [-0.39, 0.29) is 5.57 Å². The van der Waals surface area contributed by atoms with Crippen molar-refractivity contribution in [2.45, 2.75) is 27.4 Å². The summed E-state index contributed by atoms with van der Waals surface area (Å²) in [5.74, 6) is 0.275. The van der Waals surface area contributed by atoms with Gasteiger partial charge in [-0.1, -0.05) is 59.1 Å². The van der Waals surface area contributed by atoms with Gasteiger partial charge in [-0.15, -0.1) is 0 Å². The molecule has 0 atom stereocenters. The van der Waals surface area contributed by atoms with Crippen LogP contribution in [0.5, 0.6) is 11.5 Å². The molecule has 0 aliphatic heterocycles. The van der Waals surface area contributed by atoms with Crippen LogP contribution in [0.3, 0.4) is 0 Å². The highest BCUT2D eigenvalue weighted by molar-refractivity contribution is 6.32. The fourth-order valence-corrected chi connectivity index (χ4v) is 3.61. The number of carbonyl (C=O) groups is 1. The Hall–Kier alpha value is -3.46. The normalized spacial score (nSPS) is 11.0. The first-order valence-corrected chi connectivity index (χ1v) is 11.4. The number of amides is 1. The van der Waals surface area contributed by atoms with Crippen LogP contribution in [0.2, 0.25) is 10.0 Å². The first-order valence-electron chi connectivity index (χ1n) is 10.6. The Kier molecular flexibility index (Phi) is 8.59. The van der Waals surface area contributed by atoms with Crippen molar-refractivity contribution in [3.8, 4) is 17.6 Å². The number of ether oxygens (including phenoxy) is 2. The van der Waals surface area contributed by atoms with Gasteiger partial charge in [0.1, 0.15) is 18.2 Å². The molecule has 0 heterocycles. The van der Waals surface area contributed by atoms with E-state index in [1.54, 1.807) is 37.3 Å². The van der Waals surface area contributed by atoms with Crippen molar-refractivity contribution in [1.29, 1.82) is 5.26 Å². The van der Waals surface area contributed by atoms with Crippen molar-refractivity contribution in [2.24, 2.45) is 0 Å². The molecule has 5 nitrogen and oxygen atoms in total. The van der Waals surface area contributed by atoms with E-state index < -0.39 is 5.91 Å². The van der Waals surface area contributed by atoms with Gasteiger partial charge < -0.3 is 14.8 Å². The number of halogens is 2. The highest BCUT2D eigenvalue weighted by Gasteiger charge is 2.16.